The lowest BCUT2D eigenvalue weighted by Crippen LogP contribution is -2.46. The van der Waals surface area contributed by atoms with Crippen LogP contribution in [0, 0.1) is 0 Å². The van der Waals surface area contributed by atoms with Crippen LogP contribution < -0.4 is 0 Å². The van der Waals surface area contributed by atoms with Crippen molar-refractivity contribution in [1.29, 1.82) is 0 Å². The molecule has 2 nitrogen and oxygen atoms in total. The molecule has 2 heteroatoms. The fraction of sp³-hybridized carbons (Fsp3) is 0.533. The molecule has 1 heterocycles. The maximum atomic E-state index is 12.2. The van der Waals surface area contributed by atoms with Crippen molar-refractivity contribution in [2.45, 2.75) is 43.6 Å². The second kappa shape index (κ2) is 4.26. The van der Waals surface area contributed by atoms with Crippen LogP contribution in [0.3, 0.4) is 0 Å². The molecule has 1 saturated heterocycles. The third kappa shape index (κ3) is 1.71. The van der Waals surface area contributed by atoms with Crippen molar-refractivity contribution in [3.05, 3.63) is 35.9 Å². The molecule has 0 radical (unpaired) electrons. The zero-order valence-corrected chi connectivity index (χ0v) is 10.0. The van der Waals surface area contributed by atoms with Gasteiger partial charge in [-0.2, -0.15) is 0 Å². The van der Waals surface area contributed by atoms with Crippen molar-refractivity contribution in [1.82, 2.24) is 0 Å². The summed E-state index contributed by atoms with van der Waals surface area (Å²) in [5.41, 5.74) is 0.780. The summed E-state index contributed by atoms with van der Waals surface area (Å²) in [6.45, 7) is 0.745. The summed E-state index contributed by atoms with van der Waals surface area (Å²) in [4.78, 5) is 12.2. The van der Waals surface area contributed by atoms with Gasteiger partial charge in [-0.15, -0.1) is 0 Å². The fourth-order valence-electron chi connectivity index (χ4n) is 3.38. The van der Waals surface area contributed by atoms with Crippen LogP contribution >= 0.6 is 0 Å². The highest BCUT2D eigenvalue weighted by Gasteiger charge is 2.51. The third-order valence-electron chi connectivity index (χ3n) is 4.19. The number of carbonyl (C=O) groups excluding carboxylic acids is 1. The van der Waals surface area contributed by atoms with E-state index in [0.717, 1.165) is 32.3 Å². The van der Waals surface area contributed by atoms with Crippen LogP contribution in [0.4, 0.5) is 0 Å². The lowest BCUT2D eigenvalue weighted by atomic mass is 9.76. The predicted molar refractivity (Wildman–Crippen MR) is 66.0 cm³/mol. The van der Waals surface area contributed by atoms with Crippen LogP contribution in [0.2, 0.25) is 0 Å². The Hall–Kier alpha value is -1.15. The number of benzene rings is 1. The number of hydrogen-bond donors (Lipinski definition) is 0. The van der Waals surface area contributed by atoms with Gasteiger partial charge in [-0.05, 0) is 31.2 Å². The normalized spacial score (nSPS) is 33.2. The summed E-state index contributed by atoms with van der Waals surface area (Å²) >= 11 is 0. The van der Waals surface area contributed by atoms with Crippen LogP contribution in [0.25, 0.3) is 0 Å². The van der Waals surface area contributed by atoms with Crippen LogP contribution in [0.1, 0.15) is 43.6 Å². The van der Waals surface area contributed by atoms with Gasteiger partial charge in [0.2, 0.25) is 0 Å². The van der Waals surface area contributed by atoms with Gasteiger partial charge in [0.15, 0.2) is 5.78 Å². The molecule has 2 aliphatic rings. The zero-order valence-electron chi connectivity index (χ0n) is 10.0. The first-order valence-electron chi connectivity index (χ1n) is 6.55. The van der Waals surface area contributed by atoms with E-state index in [1.807, 2.05) is 6.07 Å². The Morgan fingerprint density at radius 2 is 2.00 bits per heavy atom. The first-order valence-corrected chi connectivity index (χ1v) is 6.55. The number of rotatable bonds is 1. The second-order valence-electron chi connectivity index (χ2n) is 5.12. The van der Waals surface area contributed by atoms with Crippen LogP contribution in [0.5, 0.6) is 0 Å². The largest absolute Gasteiger partial charge is 0.367 e. The molecule has 17 heavy (non-hydrogen) atoms. The van der Waals surface area contributed by atoms with E-state index in [4.69, 9.17) is 4.74 Å². The minimum absolute atomic E-state index is 0.271. The standard InChI is InChI=1S/C15H18O2/c16-14-9-4-10-15(14)13(8-5-11-17-15)12-6-2-1-3-7-12/h1-3,6-7,13H,4-5,8-11H2/t13-,15-/m1/s1. The van der Waals surface area contributed by atoms with Gasteiger partial charge in [0.1, 0.15) is 5.60 Å². The predicted octanol–water partition coefficient (Wildman–Crippen LogP) is 3.07. The maximum Gasteiger partial charge on any atom is 0.165 e. The Morgan fingerprint density at radius 1 is 1.18 bits per heavy atom. The van der Waals surface area contributed by atoms with Crippen LogP contribution in [-0.4, -0.2) is 18.0 Å². The number of carbonyl (C=O) groups is 1. The Balaban J connectivity index is 1.98. The minimum atomic E-state index is -0.487. The zero-order chi connectivity index (χ0) is 11.7. The Morgan fingerprint density at radius 3 is 2.71 bits per heavy atom. The Labute approximate surface area is 102 Å². The number of hydrogen-bond acceptors (Lipinski definition) is 2. The molecular weight excluding hydrogens is 212 g/mol. The molecule has 1 saturated carbocycles. The van der Waals surface area contributed by atoms with E-state index in [-0.39, 0.29) is 5.92 Å². The van der Waals surface area contributed by atoms with Gasteiger partial charge in [0, 0.05) is 18.9 Å². The second-order valence-corrected chi connectivity index (χ2v) is 5.12. The summed E-state index contributed by atoms with van der Waals surface area (Å²) in [7, 11) is 0. The number of ether oxygens (including phenoxy) is 1. The molecule has 2 atom stereocenters. The van der Waals surface area contributed by atoms with Crippen LogP contribution in [-0.2, 0) is 9.53 Å². The molecule has 3 rings (SSSR count). The smallest absolute Gasteiger partial charge is 0.165 e. The van der Waals surface area contributed by atoms with Gasteiger partial charge in [0.05, 0.1) is 0 Å². The highest BCUT2D eigenvalue weighted by Crippen LogP contribution is 2.46. The molecule has 1 aromatic carbocycles. The first kappa shape index (κ1) is 11.0. The molecule has 0 bridgehead atoms. The SMILES string of the molecule is O=C1CCC[C@]12OCCC[C@@H]2c1ccccc1. The maximum absolute atomic E-state index is 12.2. The van der Waals surface area contributed by atoms with Crippen molar-refractivity contribution in [2.75, 3.05) is 6.61 Å². The van der Waals surface area contributed by atoms with E-state index in [9.17, 15) is 4.79 Å². The average molecular weight is 230 g/mol. The Bertz CT molecular complexity index is 412. The molecule has 0 N–H and O–H groups in total. The quantitative estimate of drug-likeness (QED) is 0.741. The van der Waals surface area contributed by atoms with Crippen molar-refractivity contribution in [3.8, 4) is 0 Å². The van der Waals surface area contributed by atoms with Crippen molar-refractivity contribution in [3.63, 3.8) is 0 Å². The number of Topliss-reactive ketones (excluding diaryl/α,β-unsaturated/α-hetero) is 1. The lowest BCUT2D eigenvalue weighted by Gasteiger charge is -2.40. The average Bonchev–Trinajstić information content (AvgIpc) is 2.73. The van der Waals surface area contributed by atoms with Crippen molar-refractivity contribution < 1.29 is 9.53 Å². The number of ketones is 1. The van der Waals surface area contributed by atoms with E-state index in [1.165, 1.54) is 5.56 Å². The minimum Gasteiger partial charge on any atom is -0.367 e. The van der Waals surface area contributed by atoms with Gasteiger partial charge in [-0.3, -0.25) is 4.79 Å². The van der Waals surface area contributed by atoms with Gasteiger partial charge in [-0.1, -0.05) is 30.3 Å². The molecule has 0 aromatic heterocycles. The van der Waals surface area contributed by atoms with Crippen molar-refractivity contribution >= 4 is 5.78 Å². The lowest BCUT2D eigenvalue weighted by molar-refractivity contribution is -0.149. The molecule has 1 aromatic rings. The molecule has 0 amide bonds. The van der Waals surface area contributed by atoms with E-state index in [0.29, 0.717) is 12.2 Å². The van der Waals surface area contributed by atoms with Crippen LogP contribution in [0.15, 0.2) is 30.3 Å². The summed E-state index contributed by atoms with van der Waals surface area (Å²) < 4.78 is 5.96. The third-order valence-corrected chi connectivity index (χ3v) is 4.19. The van der Waals surface area contributed by atoms with E-state index >= 15 is 0 Å². The summed E-state index contributed by atoms with van der Waals surface area (Å²) in [6, 6.07) is 10.4. The Kier molecular flexibility index (Phi) is 2.75. The van der Waals surface area contributed by atoms with Gasteiger partial charge in [0.25, 0.3) is 0 Å². The summed E-state index contributed by atoms with van der Waals surface area (Å²) in [6.07, 6.45) is 4.74. The van der Waals surface area contributed by atoms with Gasteiger partial charge < -0.3 is 4.74 Å². The summed E-state index contributed by atoms with van der Waals surface area (Å²) in [5.74, 6) is 0.596. The molecule has 1 spiro atoms. The van der Waals surface area contributed by atoms with E-state index in [1.54, 1.807) is 0 Å². The summed E-state index contributed by atoms with van der Waals surface area (Å²) in [5, 5.41) is 0. The molecule has 0 unspecified atom stereocenters. The van der Waals surface area contributed by atoms with Crippen molar-refractivity contribution in [2.24, 2.45) is 0 Å². The molecule has 2 fully saturated rings. The highest BCUT2D eigenvalue weighted by molar-refractivity contribution is 5.90. The fourth-order valence-corrected chi connectivity index (χ4v) is 3.38. The molecular formula is C15H18O2. The van der Waals surface area contributed by atoms with E-state index in [2.05, 4.69) is 24.3 Å². The highest BCUT2D eigenvalue weighted by atomic mass is 16.5. The van der Waals surface area contributed by atoms with Gasteiger partial charge in [-0.25, -0.2) is 0 Å². The first-order chi connectivity index (χ1) is 8.33. The molecule has 1 aliphatic heterocycles. The molecule has 1 aliphatic carbocycles. The van der Waals surface area contributed by atoms with Gasteiger partial charge >= 0.3 is 0 Å². The monoisotopic (exact) mass is 230 g/mol. The van der Waals surface area contributed by atoms with E-state index < -0.39 is 5.60 Å². The molecule has 90 valence electrons. The topological polar surface area (TPSA) is 26.3 Å².